The fourth-order valence-electron chi connectivity index (χ4n) is 3.35. The summed E-state index contributed by atoms with van der Waals surface area (Å²) in [4.78, 5) is 29.2. The lowest BCUT2D eigenvalue weighted by atomic mass is 10.1. The molecule has 0 aliphatic heterocycles. The van der Waals surface area contributed by atoms with Gasteiger partial charge in [-0.2, -0.15) is 0 Å². The quantitative estimate of drug-likeness (QED) is 0.389. The van der Waals surface area contributed by atoms with E-state index in [4.69, 9.17) is 5.73 Å². The van der Waals surface area contributed by atoms with Crippen molar-refractivity contribution in [3.8, 4) is 22.8 Å². The van der Waals surface area contributed by atoms with E-state index in [1.54, 1.807) is 30.5 Å². The van der Waals surface area contributed by atoms with Crippen molar-refractivity contribution in [1.82, 2.24) is 19.9 Å². The van der Waals surface area contributed by atoms with Gasteiger partial charge < -0.3 is 16.0 Å². The summed E-state index contributed by atoms with van der Waals surface area (Å²) in [5.41, 5.74) is 10.1. The topological polar surface area (TPSA) is 110 Å². The number of halogens is 1. The summed E-state index contributed by atoms with van der Waals surface area (Å²) in [6.07, 6.45) is 1.62. The molecule has 32 heavy (non-hydrogen) atoms. The monoisotopic (exact) mass is 424 g/mol. The van der Waals surface area contributed by atoms with Crippen LogP contribution in [0.25, 0.3) is 33.8 Å². The summed E-state index contributed by atoms with van der Waals surface area (Å²) in [5, 5.41) is 2.68. The number of hydrogen-bond donors (Lipinski definition) is 3. The van der Waals surface area contributed by atoms with Crippen LogP contribution in [0.5, 0.6) is 0 Å². The van der Waals surface area contributed by atoms with E-state index in [-0.39, 0.29) is 11.7 Å². The number of hydrogen-bond acceptors (Lipinski definition) is 5. The molecule has 7 nitrogen and oxygen atoms in total. The summed E-state index contributed by atoms with van der Waals surface area (Å²) in [5.74, 6) is -0.0924. The lowest BCUT2D eigenvalue weighted by Crippen LogP contribution is -2.11. The van der Waals surface area contributed by atoms with Crippen molar-refractivity contribution >= 4 is 28.4 Å². The van der Waals surface area contributed by atoms with E-state index in [0.29, 0.717) is 39.5 Å². The average molecular weight is 424 g/mol. The highest BCUT2D eigenvalue weighted by Crippen LogP contribution is 2.26. The summed E-state index contributed by atoms with van der Waals surface area (Å²) < 4.78 is 13.4. The van der Waals surface area contributed by atoms with Gasteiger partial charge in [0.25, 0.3) is 5.91 Å². The predicted octanol–water partition coefficient (Wildman–Crippen LogP) is 4.66. The number of amides is 1. The maximum absolute atomic E-state index is 13.4. The molecule has 0 saturated heterocycles. The van der Waals surface area contributed by atoms with Gasteiger partial charge in [-0.15, -0.1) is 0 Å². The fraction of sp³-hybridized carbons (Fsp3) is 0. The van der Waals surface area contributed by atoms with Crippen LogP contribution in [0.1, 0.15) is 10.4 Å². The Morgan fingerprint density at radius 2 is 1.81 bits per heavy atom. The second-order valence-corrected chi connectivity index (χ2v) is 7.14. The van der Waals surface area contributed by atoms with Crippen molar-refractivity contribution in [2.75, 3.05) is 11.1 Å². The molecule has 0 spiro atoms. The Hall–Kier alpha value is -4.59. The van der Waals surface area contributed by atoms with Gasteiger partial charge in [-0.25, -0.2) is 19.3 Å². The zero-order valence-electron chi connectivity index (χ0n) is 16.7. The van der Waals surface area contributed by atoms with Crippen LogP contribution in [-0.2, 0) is 0 Å². The molecule has 0 bridgehead atoms. The normalized spacial score (nSPS) is 10.9. The number of carbonyl (C=O) groups is 1. The molecule has 5 aromatic rings. The molecule has 1 amide bonds. The second-order valence-electron chi connectivity index (χ2n) is 7.14. The van der Waals surface area contributed by atoms with Crippen molar-refractivity contribution in [3.05, 3.63) is 90.4 Å². The first kappa shape index (κ1) is 19.4. The molecule has 2 aromatic heterocycles. The third kappa shape index (κ3) is 3.77. The molecule has 0 aliphatic rings. The Morgan fingerprint density at radius 3 is 2.62 bits per heavy atom. The van der Waals surface area contributed by atoms with Gasteiger partial charge in [0.05, 0.1) is 22.9 Å². The summed E-state index contributed by atoms with van der Waals surface area (Å²) in [6.45, 7) is 0. The SMILES string of the molecule is Nc1ncc(-c2ccccc2)nc1-c1nc2ccc(C(=O)Nc3cccc(F)c3)cc2[nH]1. The van der Waals surface area contributed by atoms with E-state index in [1.165, 1.54) is 18.2 Å². The number of aromatic nitrogens is 4. The van der Waals surface area contributed by atoms with E-state index in [1.807, 2.05) is 30.3 Å². The number of H-pyrrole nitrogens is 1. The Bertz CT molecular complexity index is 1450. The molecule has 0 unspecified atom stereocenters. The molecule has 0 atom stereocenters. The third-order valence-electron chi connectivity index (χ3n) is 4.92. The van der Waals surface area contributed by atoms with E-state index < -0.39 is 5.82 Å². The lowest BCUT2D eigenvalue weighted by Gasteiger charge is -2.05. The summed E-state index contributed by atoms with van der Waals surface area (Å²) >= 11 is 0. The maximum atomic E-state index is 13.4. The minimum absolute atomic E-state index is 0.243. The number of benzene rings is 3. The van der Waals surface area contributed by atoms with Crippen molar-refractivity contribution in [1.29, 1.82) is 0 Å². The Morgan fingerprint density at radius 1 is 0.969 bits per heavy atom. The van der Waals surface area contributed by atoms with Gasteiger partial charge in [-0.05, 0) is 36.4 Å². The van der Waals surface area contributed by atoms with Crippen LogP contribution >= 0.6 is 0 Å². The predicted molar refractivity (Wildman–Crippen MR) is 121 cm³/mol. The molecule has 0 radical (unpaired) electrons. The molecule has 0 fully saturated rings. The Kier molecular flexibility index (Phi) is 4.79. The fourth-order valence-corrected chi connectivity index (χ4v) is 3.35. The van der Waals surface area contributed by atoms with Gasteiger partial charge in [0.2, 0.25) is 0 Å². The minimum atomic E-state index is -0.423. The molecule has 0 saturated carbocycles. The summed E-state index contributed by atoms with van der Waals surface area (Å²) in [6, 6.07) is 20.4. The largest absolute Gasteiger partial charge is 0.382 e. The number of aromatic amines is 1. The van der Waals surface area contributed by atoms with Gasteiger partial charge in [-0.3, -0.25) is 4.79 Å². The molecule has 3 aromatic carbocycles. The minimum Gasteiger partial charge on any atom is -0.382 e. The van der Waals surface area contributed by atoms with Crippen LogP contribution < -0.4 is 11.1 Å². The Labute approximate surface area is 182 Å². The highest BCUT2D eigenvalue weighted by Gasteiger charge is 2.15. The van der Waals surface area contributed by atoms with E-state index in [9.17, 15) is 9.18 Å². The number of nitrogens with one attached hydrogen (secondary N) is 2. The van der Waals surface area contributed by atoms with Gasteiger partial charge >= 0.3 is 0 Å². The van der Waals surface area contributed by atoms with E-state index in [2.05, 4.69) is 25.3 Å². The van der Waals surface area contributed by atoms with Gasteiger partial charge in [0.15, 0.2) is 11.6 Å². The van der Waals surface area contributed by atoms with Crippen molar-refractivity contribution in [2.24, 2.45) is 0 Å². The van der Waals surface area contributed by atoms with Crippen LogP contribution in [0.4, 0.5) is 15.9 Å². The molecule has 5 rings (SSSR count). The van der Waals surface area contributed by atoms with Crippen LogP contribution in [0, 0.1) is 5.82 Å². The van der Waals surface area contributed by atoms with Crippen LogP contribution in [0.15, 0.2) is 79.0 Å². The number of nitrogens with two attached hydrogens (primary N) is 1. The van der Waals surface area contributed by atoms with Crippen LogP contribution in [-0.4, -0.2) is 25.8 Å². The zero-order chi connectivity index (χ0) is 22.1. The first-order chi connectivity index (χ1) is 15.6. The average Bonchev–Trinajstić information content (AvgIpc) is 3.23. The molecular formula is C24H17FN6O. The molecule has 156 valence electrons. The van der Waals surface area contributed by atoms with Gasteiger partial charge in [0, 0.05) is 16.8 Å². The van der Waals surface area contributed by atoms with Crippen LogP contribution in [0.3, 0.4) is 0 Å². The molecule has 8 heteroatoms. The van der Waals surface area contributed by atoms with Crippen molar-refractivity contribution in [3.63, 3.8) is 0 Å². The van der Waals surface area contributed by atoms with E-state index in [0.717, 1.165) is 5.56 Å². The van der Waals surface area contributed by atoms with Crippen molar-refractivity contribution < 1.29 is 9.18 Å². The summed E-state index contributed by atoms with van der Waals surface area (Å²) in [7, 11) is 0. The first-order valence-electron chi connectivity index (χ1n) is 9.82. The Balaban J connectivity index is 1.47. The molecule has 4 N–H and O–H groups in total. The number of carbonyl (C=O) groups excluding carboxylic acids is 1. The highest BCUT2D eigenvalue weighted by atomic mass is 19.1. The standard InChI is InChI=1S/C24H17FN6O/c25-16-7-4-8-17(12-16)28-24(32)15-9-10-18-19(11-15)31-23(30-18)21-22(26)27-13-20(29-21)14-5-2-1-3-6-14/h1-13H,(H2,26,27)(H,28,32)(H,30,31). The lowest BCUT2D eigenvalue weighted by molar-refractivity contribution is 0.102. The molecule has 2 heterocycles. The number of anilines is 2. The number of rotatable bonds is 4. The number of fused-ring (bicyclic) bond motifs is 1. The van der Waals surface area contributed by atoms with Crippen molar-refractivity contribution in [2.45, 2.75) is 0 Å². The number of nitrogen functional groups attached to an aromatic ring is 1. The van der Waals surface area contributed by atoms with E-state index >= 15 is 0 Å². The second kappa shape index (κ2) is 7.92. The molecule has 0 aliphatic carbocycles. The van der Waals surface area contributed by atoms with Crippen LogP contribution in [0.2, 0.25) is 0 Å². The third-order valence-corrected chi connectivity index (χ3v) is 4.92. The first-order valence-corrected chi connectivity index (χ1v) is 9.82. The maximum Gasteiger partial charge on any atom is 0.255 e. The number of nitrogens with zero attached hydrogens (tertiary/aromatic N) is 3. The highest BCUT2D eigenvalue weighted by molar-refractivity contribution is 6.06. The molecular weight excluding hydrogens is 407 g/mol. The van der Waals surface area contributed by atoms with Gasteiger partial charge in [0.1, 0.15) is 11.5 Å². The smallest absolute Gasteiger partial charge is 0.255 e. The zero-order valence-corrected chi connectivity index (χ0v) is 16.7. The van der Waals surface area contributed by atoms with Gasteiger partial charge in [-0.1, -0.05) is 36.4 Å². The number of imidazole rings is 1.